The van der Waals surface area contributed by atoms with E-state index < -0.39 is 0 Å². The van der Waals surface area contributed by atoms with Crippen LogP contribution in [0, 0.1) is 0 Å². The summed E-state index contributed by atoms with van der Waals surface area (Å²) in [6.45, 7) is 5.56. The van der Waals surface area contributed by atoms with Crippen molar-refractivity contribution in [3.05, 3.63) is 35.9 Å². The number of nitrogens with zero attached hydrogens (tertiary/aromatic N) is 1. The van der Waals surface area contributed by atoms with Crippen molar-refractivity contribution in [2.45, 2.75) is 18.1 Å². The Balaban J connectivity index is 1.88. The number of benzene rings is 1. The monoisotopic (exact) mass is 279 g/mol. The maximum Gasteiger partial charge on any atom is 0.136 e. The van der Waals surface area contributed by atoms with Gasteiger partial charge in [-0.3, -0.25) is 4.90 Å². The topological polar surface area (TPSA) is 29.5 Å². The maximum atomic E-state index is 11.4. The van der Waals surface area contributed by atoms with E-state index in [1.165, 1.54) is 5.56 Å². The highest BCUT2D eigenvalue weighted by Gasteiger charge is 2.26. The molecule has 19 heavy (non-hydrogen) atoms. The SMILES string of the molecule is CC(C=O)(Cc1ccccc1)SCN1CCOCC1. The predicted molar refractivity (Wildman–Crippen MR) is 79.5 cm³/mol. The highest BCUT2D eigenvalue weighted by atomic mass is 32.2. The van der Waals surface area contributed by atoms with Crippen molar-refractivity contribution >= 4 is 18.0 Å². The zero-order valence-corrected chi connectivity index (χ0v) is 12.2. The molecule has 0 aliphatic carbocycles. The van der Waals surface area contributed by atoms with Gasteiger partial charge in [-0.2, -0.15) is 0 Å². The Kier molecular flexibility index (Phi) is 5.43. The van der Waals surface area contributed by atoms with Gasteiger partial charge in [-0.25, -0.2) is 0 Å². The van der Waals surface area contributed by atoms with Crippen molar-refractivity contribution in [1.82, 2.24) is 4.90 Å². The van der Waals surface area contributed by atoms with Gasteiger partial charge in [-0.05, 0) is 18.9 Å². The molecule has 0 amide bonds. The first-order chi connectivity index (χ1) is 9.22. The number of ether oxygens (including phenoxy) is 1. The van der Waals surface area contributed by atoms with Crippen LogP contribution in [-0.4, -0.2) is 48.1 Å². The molecule has 2 rings (SSSR count). The number of carbonyl (C=O) groups excluding carboxylic acids is 1. The van der Waals surface area contributed by atoms with Crippen molar-refractivity contribution in [2.75, 3.05) is 32.2 Å². The zero-order chi connectivity index (χ0) is 13.6. The molecule has 0 saturated carbocycles. The van der Waals surface area contributed by atoms with Crippen LogP contribution >= 0.6 is 11.8 Å². The molecule has 0 bridgehead atoms. The number of carbonyl (C=O) groups is 1. The molecule has 0 spiro atoms. The first-order valence-corrected chi connectivity index (χ1v) is 7.65. The van der Waals surface area contributed by atoms with Gasteiger partial charge in [0, 0.05) is 19.0 Å². The highest BCUT2D eigenvalue weighted by Crippen LogP contribution is 2.28. The molecule has 1 aliphatic heterocycles. The van der Waals surface area contributed by atoms with Crippen molar-refractivity contribution in [3.8, 4) is 0 Å². The van der Waals surface area contributed by atoms with Crippen LogP contribution in [0.4, 0.5) is 0 Å². The minimum absolute atomic E-state index is 0.348. The fourth-order valence-electron chi connectivity index (χ4n) is 2.10. The standard InChI is InChI=1S/C15H21NO2S/c1-15(12-17,11-14-5-3-2-4-6-14)19-13-16-7-9-18-10-8-16/h2-6,12H,7-11,13H2,1H3. The molecule has 1 aliphatic rings. The van der Waals surface area contributed by atoms with Crippen molar-refractivity contribution < 1.29 is 9.53 Å². The summed E-state index contributed by atoms with van der Waals surface area (Å²) in [5.41, 5.74) is 1.21. The second-order valence-electron chi connectivity index (χ2n) is 5.10. The smallest absolute Gasteiger partial charge is 0.136 e. The zero-order valence-electron chi connectivity index (χ0n) is 11.4. The average molecular weight is 279 g/mol. The molecule has 3 nitrogen and oxygen atoms in total. The Hall–Kier alpha value is -0.840. The van der Waals surface area contributed by atoms with E-state index in [4.69, 9.17) is 4.74 Å². The maximum absolute atomic E-state index is 11.4. The molecule has 1 aromatic carbocycles. The van der Waals surface area contributed by atoms with E-state index in [2.05, 4.69) is 17.0 Å². The third-order valence-electron chi connectivity index (χ3n) is 3.33. The Morgan fingerprint density at radius 2 is 2.00 bits per heavy atom. The summed E-state index contributed by atoms with van der Waals surface area (Å²) >= 11 is 1.73. The van der Waals surface area contributed by atoms with E-state index in [1.807, 2.05) is 25.1 Å². The van der Waals surface area contributed by atoms with Gasteiger partial charge in [0.1, 0.15) is 6.29 Å². The summed E-state index contributed by atoms with van der Waals surface area (Å²) in [7, 11) is 0. The molecule has 1 aromatic rings. The third-order valence-corrected chi connectivity index (χ3v) is 4.72. The summed E-state index contributed by atoms with van der Waals surface area (Å²) in [5, 5.41) is 0. The Morgan fingerprint density at radius 1 is 1.32 bits per heavy atom. The summed E-state index contributed by atoms with van der Waals surface area (Å²) in [4.78, 5) is 13.8. The number of hydrogen-bond donors (Lipinski definition) is 0. The molecule has 1 saturated heterocycles. The van der Waals surface area contributed by atoms with Gasteiger partial charge in [0.2, 0.25) is 0 Å². The third kappa shape index (κ3) is 4.64. The molecule has 104 valence electrons. The molecule has 0 radical (unpaired) electrons. The van der Waals surface area contributed by atoms with Crippen LogP contribution in [-0.2, 0) is 16.0 Å². The van der Waals surface area contributed by atoms with Gasteiger partial charge in [0.25, 0.3) is 0 Å². The molecular weight excluding hydrogens is 258 g/mol. The lowest BCUT2D eigenvalue weighted by Gasteiger charge is -2.30. The lowest BCUT2D eigenvalue weighted by atomic mass is 10.0. The lowest BCUT2D eigenvalue weighted by molar-refractivity contribution is -0.109. The number of thioether (sulfide) groups is 1. The van der Waals surface area contributed by atoms with Crippen LogP contribution in [0.15, 0.2) is 30.3 Å². The molecule has 1 heterocycles. The minimum atomic E-state index is -0.348. The highest BCUT2D eigenvalue weighted by molar-refractivity contribution is 8.01. The van der Waals surface area contributed by atoms with Gasteiger partial charge in [0.15, 0.2) is 0 Å². The minimum Gasteiger partial charge on any atom is -0.379 e. The van der Waals surface area contributed by atoms with Crippen LogP contribution in [0.25, 0.3) is 0 Å². The van der Waals surface area contributed by atoms with Crippen LogP contribution in [0.1, 0.15) is 12.5 Å². The van der Waals surface area contributed by atoms with Gasteiger partial charge in [-0.1, -0.05) is 30.3 Å². The summed E-state index contributed by atoms with van der Waals surface area (Å²) < 4.78 is 4.99. The van der Waals surface area contributed by atoms with Crippen LogP contribution in [0.3, 0.4) is 0 Å². The molecular formula is C15H21NO2S. The predicted octanol–water partition coefficient (Wildman–Crippen LogP) is 2.21. The Morgan fingerprint density at radius 3 is 2.63 bits per heavy atom. The van der Waals surface area contributed by atoms with E-state index >= 15 is 0 Å². The van der Waals surface area contributed by atoms with Crippen LogP contribution in [0.2, 0.25) is 0 Å². The van der Waals surface area contributed by atoms with Gasteiger partial charge in [0.05, 0.1) is 18.0 Å². The van der Waals surface area contributed by atoms with Crippen LogP contribution in [0.5, 0.6) is 0 Å². The number of rotatable bonds is 6. The normalized spacial score (nSPS) is 19.8. The average Bonchev–Trinajstić information content (AvgIpc) is 2.47. The molecule has 4 heteroatoms. The van der Waals surface area contributed by atoms with Crippen LogP contribution < -0.4 is 0 Å². The second kappa shape index (κ2) is 7.08. The van der Waals surface area contributed by atoms with Gasteiger partial charge >= 0.3 is 0 Å². The fraction of sp³-hybridized carbons (Fsp3) is 0.533. The molecule has 0 aromatic heterocycles. The number of aldehydes is 1. The number of morpholine rings is 1. The van der Waals surface area contributed by atoms with Gasteiger partial charge in [-0.15, -0.1) is 11.8 Å². The second-order valence-corrected chi connectivity index (χ2v) is 6.58. The molecule has 1 atom stereocenters. The van der Waals surface area contributed by atoms with Crippen molar-refractivity contribution in [3.63, 3.8) is 0 Å². The molecule has 0 N–H and O–H groups in total. The Bertz CT molecular complexity index is 392. The largest absolute Gasteiger partial charge is 0.379 e. The van der Waals surface area contributed by atoms with Gasteiger partial charge < -0.3 is 9.53 Å². The number of hydrogen-bond acceptors (Lipinski definition) is 4. The van der Waals surface area contributed by atoms with E-state index in [0.717, 1.165) is 44.9 Å². The van der Waals surface area contributed by atoms with E-state index in [-0.39, 0.29) is 4.75 Å². The molecule has 1 unspecified atom stereocenters. The lowest BCUT2D eigenvalue weighted by Crippen LogP contribution is -2.38. The van der Waals surface area contributed by atoms with E-state index in [0.29, 0.717) is 0 Å². The van der Waals surface area contributed by atoms with E-state index in [9.17, 15) is 4.79 Å². The molecule has 1 fully saturated rings. The first kappa shape index (κ1) is 14.6. The van der Waals surface area contributed by atoms with E-state index in [1.54, 1.807) is 11.8 Å². The fourth-order valence-corrected chi connectivity index (χ4v) is 3.17. The summed E-state index contributed by atoms with van der Waals surface area (Å²) in [5.74, 6) is 0.894. The quantitative estimate of drug-likeness (QED) is 0.747. The summed E-state index contributed by atoms with van der Waals surface area (Å²) in [6, 6.07) is 10.2. The summed E-state index contributed by atoms with van der Waals surface area (Å²) in [6.07, 6.45) is 1.87. The Labute approximate surface area is 119 Å². The van der Waals surface area contributed by atoms with Crippen molar-refractivity contribution in [2.24, 2.45) is 0 Å². The first-order valence-electron chi connectivity index (χ1n) is 6.66. The van der Waals surface area contributed by atoms with Crippen molar-refractivity contribution in [1.29, 1.82) is 0 Å².